The van der Waals surface area contributed by atoms with Crippen LogP contribution in [0.25, 0.3) is 11.0 Å². The summed E-state index contributed by atoms with van der Waals surface area (Å²) in [6.07, 6.45) is -0.0159. The van der Waals surface area contributed by atoms with Crippen molar-refractivity contribution in [1.82, 2.24) is 13.6 Å². The van der Waals surface area contributed by atoms with Crippen LogP contribution < -0.4 is 0 Å². The summed E-state index contributed by atoms with van der Waals surface area (Å²) < 4.78 is 32.9. The van der Waals surface area contributed by atoms with E-state index in [4.69, 9.17) is 0 Å². The van der Waals surface area contributed by atoms with Gasteiger partial charge in [0.05, 0.1) is 22.4 Å². The van der Waals surface area contributed by atoms with Crippen LogP contribution >= 0.6 is 11.7 Å². The molecule has 0 radical (unpaired) electrons. The number of fused-ring (bicyclic) bond motifs is 1. The van der Waals surface area contributed by atoms with Crippen LogP contribution in [0.2, 0.25) is 0 Å². The van der Waals surface area contributed by atoms with E-state index in [0.717, 1.165) is 11.7 Å². The summed E-state index contributed by atoms with van der Waals surface area (Å²) in [6, 6.07) is 4.88. The molecule has 1 heterocycles. The van der Waals surface area contributed by atoms with Gasteiger partial charge in [-0.2, -0.15) is 8.75 Å². The Bertz CT molecular complexity index is 736. The highest BCUT2D eigenvalue weighted by atomic mass is 32.2. The molecule has 0 aliphatic heterocycles. The second-order valence-electron chi connectivity index (χ2n) is 4.52. The van der Waals surface area contributed by atoms with Gasteiger partial charge in [-0.25, -0.2) is 8.42 Å². The SMILES string of the molecule is CCN(CC)C(=O)CCS(=O)(=O)c1cccc2nsnc12. The number of hydrogen-bond acceptors (Lipinski definition) is 6. The minimum absolute atomic E-state index is 0.0159. The van der Waals surface area contributed by atoms with E-state index in [1.54, 1.807) is 17.0 Å². The standard InChI is InChI=1S/C13H17N3O3S2/c1-3-16(4-2)12(17)8-9-21(18,19)11-7-5-6-10-13(11)15-20-14-10/h5-7H,3-4,8-9H2,1-2H3. The van der Waals surface area contributed by atoms with Crippen molar-refractivity contribution in [2.24, 2.45) is 0 Å². The van der Waals surface area contributed by atoms with Gasteiger partial charge in [-0.05, 0) is 26.0 Å². The third kappa shape index (κ3) is 3.38. The van der Waals surface area contributed by atoms with Crippen LogP contribution in [-0.2, 0) is 14.6 Å². The molecule has 2 aromatic rings. The van der Waals surface area contributed by atoms with E-state index in [1.165, 1.54) is 6.07 Å². The molecule has 8 heteroatoms. The van der Waals surface area contributed by atoms with Crippen molar-refractivity contribution >= 4 is 38.5 Å². The highest BCUT2D eigenvalue weighted by Crippen LogP contribution is 2.22. The number of nitrogens with zero attached hydrogens (tertiary/aromatic N) is 3. The van der Waals surface area contributed by atoms with Gasteiger partial charge in [0, 0.05) is 19.5 Å². The van der Waals surface area contributed by atoms with E-state index in [9.17, 15) is 13.2 Å². The van der Waals surface area contributed by atoms with Crippen LogP contribution in [0.3, 0.4) is 0 Å². The largest absolute Gasteiger partial charge is 0.343 e. The van der Waals surface area contributed by atoms with Crippen LogP contribution in [0.5, 0.6) is 0 Å². The van der Waals surface area contributed by atoms with E-state index >= 15 is 0 Å². The summed E-state index contributed by atoms with van der Waals surface area (Å²) in [7, 11) is -3.55. The quantitative estimate of drug-likeness (QED) is 0.807. The number of aromatic nitrogens is 2. The molecule has 0 saturated carbocycles. The fourth-order valence-electron chi connectivity index (χ4n) is 2.10. The van der Waals surface area contributed by atoms with Gasteiger partial charge in [-0.3, -0.25) is 4.79 Å². The zero-order valence-corrected chi connectivity index (χ0v) is 13.6. The van der Waals surface area contributed by atoms with Gasteiger partial charge in [-0.1, -0.05) is 6.07 Å². The fraction of sp³-hybridized carbons (Fsp3) is 0.462. The Balaban J connectivity index is 2.19. The molecule has 6 nitrogen and oxygen atoms in total. The molecule has 1 amide bonds. The molecule has 1 aromatic carbocycles. The zero-order valence-electron chi connectivity index (χ0n) is 11.9. The highest BCUT2D eigenvalue weighted by molar-refractivity contribution is 7.91. The minimum Gasteiger partial charge on any atom is -0.343 e. The monoisotopic (exact) mass is 327 g/mol. The number of amides is 1. The van der Waals surface area contributed by atoms with Crippen LogP contribution in [-0.4, -0.2) is 46.8 Å². The zero-order chi connectivity index (χ0) is 15.5. The minimum atomic E-state index is -3.55. The molecular weight excluding hydrogens is 310 g/mol. The molecule has 0 atom stereocenters. The van der Waals surface area contributed by atoms with E-state index in [-0.39, 0.29) is 23.0 Å². The molecule has 0 aliphatic rings. The summed E-state index contributed by atoms with van der Waals surface area (Å²) in [5.74, 6) is -0.356. The first kappa shape index (κ1) is 15.8. The molecular formula is C13H17N3O3S2. The Kier molecular flexibility index (Phi) is 4.89. The Labute approximate surface area is 128 Å². The van der Waals surface area contributed by atoms with Crippen LogP contribution in [0.1, 0.15) is 20.3 Å². The normalized spacial score (nSPS) is 11.7. The van der Waals surface area contributed by atoms with Gasteiger partial charge in [-0.15, -0.1) is 0 Å². The maximum atomic E-state index is 12.4. The van der Waals surface area contributed by atoms with Gasteiger partial charge in [0.25, 0.3) is 0 Å². The van der Waals surface area contributed by atoms with E-state index in [1.807, 2.05) is 13.8 Å². The van der Waals surface area contributed by atoms with Crippen molar-refractivity contribution in [1.29, 1.82) is 0 Å². The third-order valence-corrected chi connectivity index (χ3v) is 5.57. The maximum absolute atomic E-state index is 12.4. The van der Waals surface area contributed by atoms with Crippen molar-refractivity contribution in [2.75, 3.05) is 18.8 Å². The lowest BCUT2D eigenvalue weighted by molar-refractivity contribution is -0.130. The van der Waals surface area contributed by atoms with Gasteiger partial charge >= 0.3 is 0 Å². The first-order valence-electron chi connectivity index (χ1n) is 6.71. The molecule has 0 saturated heterocycles. The van der Waals surface area contributed by atoms with Crippen molar-refractivity contribution in [2.45, 2.75) is 25.2 Å². The van der Waals surface area contributed by atoms with E-state index in [0.29, 0.717) is 24.1 Å². The summed E-state index contributed by atoms with van der Waals surface area (Å²) >= 11 is 0.980. The van der Waals surface area contributed by atoms with Crippen molar-refractivity contribution < 1.29 is 13.2 Å². The smallest absolute Gasteiger partial charge is 0.223 e. The van der Waals surface area contributed by atoms with Crippen LogP contribution in [0.15, 0.2) is 23.1 Å². The number of rotatable bonds is 6. The lowest BCUT2D eigenvalue weighted by atomic mass is 10.3. The number of benzene rings is 1. The molecule has 1 aromatic heterocycles. The topological polar surface area (TPSA) is 80.2 Å². The molecule has 0 fully saturated rings. The molecule has 0 N–H and O–H groups in total. The average molecular weight is 327 g/mol. The lowest BCUT2D eigenvalue weighted by Crippen LogP contribution is -2.31. The average Bonchev–Trinajstić information content (AvgIpc) is 2.94. The third-order valence-electron chi connectivity index (χ3n) is 3.28. The Morgan fingerprint density at radius 1 is 1.24 bits per heavy atom. The maximum Gasteiger partial charge on any atom is 0.223 e. The predicted octanol–water partition coefficient (Wildman–Crippen LogP) is 1.72. The molecule has 0 bridgehead atoms. The number of carbonyl (C=O) groups is 1. The molecule has 2 rings (SSSR count). The van der Waals surface area contributed by atoms with E-state index in [2.05, 4.69) is 8.75 Å². The van der Waals surface area contributed by atoms with Crippen molar-refractivity contribution in [3.05, 3.63) is 18.2 Å². The fourth-order valence-corrected chi connectivity index (χ4v) is 4.10. The summed E-state index contributed by atoms with van der Waals surface area (Å²) in [6.45, 7) is 4.91. The number of sulfone groups is 1. The number of hydrogen-bond donors (Lipinski definition) is 0. The highest BCUT2D eigenvalue weighted by Gasteiger charge is 2.22. The summed E-state index contributed by atoms with van der Waals surface area (Å²) in [5.41, 5.74) is 0.953. The van der Waals surface area contributed by atoms with Crippen LogP contribution in [0.4, 0.5) is 0 Å². The second kappa shape index (κ2) is 6.48. The van der Waals surface area contributed by atoms with Gasteiger partial charge in [0.1, 0.15) is 11.0 Å². The van der Waals surface area contributed by atoms with Gasteiger partial charge in [0.2, 0.25) is 5.91 Å². The summed E-state index contributed by atoms with van der Waals surface area (Å²) in [4.78, 5) is 13.7. The van der Waals surface area contributed by atoms with Crippen molar-refractivity contribution in [3.63, 3.8) is 0 Å². The van der Waals surface area contributed by atoms with Gasteiger partial charge in [0.15, 0.2) is 9.84 Å². The Morgan fingerprint density at radius 2 is 1.95 bits per heavy atom. The second-order valence-corrected chi connectivity index (χ2v) is 7.13. The summed E-state index contributed by atoms with van der Waals surface area (Å²) in [5, 5.41) is 0. The number of carbonyl (C=O) groups excluding carboxylic acids is 1. The first-order valence-corrected chi connectivity index (χ1v) is 9.09. The molecule has 0 unspecified atom stereocenters. The Morgan fingerprint density at radius 3 is 2.62 bits per heavy atom. The van der Waals surface area contributed by atoms with Crippen molar-refractivity contribution in [3.8, 4) is 0 Å². The molecule has 21 heavy (non-hydrogen) atoms. The first-order chi connectivity index (χ1) is 9.99. The lowest BCUT2D eigenvalue weighted by Gasteiger charge is -2.18. The van der Waals surface area contributed by atoms with E-state index < -0.39 is 9.84 Å². The molecule has 114 valence electrons. The Hall–Kier alpha value is -1.54. The predicted molar refractivity (Wildman–Crippen MR) is 82.0 cm³/mol. The van der Waals surface area contributed by atoms with Gasteiger partial charge < -0.3 is 4.90 Å². The van der Waals surface area contributed by atoms with Crippen LogP contribution in [0, 0.1) is 0 Å². The molecule has 0 spiro atoms. The molecule has 0 aliphatic carbocycles.